The first-order valence-corrected chi connectivity index (χ1v) is 21.6. The normalized spacial score (nSPS) is 27.4. The zero-order valence-corrected chi connectivity index (χ0v) is 34.9. The van der Waals surface area contributed by atoms with Crippen molar-refractivity contribution in [3.63, 3.8) is 0 Å². The minimum atomic E-state index is -1.52. The molecule has 11 nitrogen and oxygen atoms in total. The second-order valence-electron chi connectivity index (χ2n) is 17.0. The Balaban J connectivity index is 1.06. The number of aromatic hydroxyl groups is 1. The molecule has 0 bridgehead atoms. The molecule has 6 aliphatic rings. The van der Waals surface area contributed by atoms with Crippen LogP contribution in [0.4, 0.5) is 5.69 Å². The van der Waals surface area contributed by atoms with E-state index in [9.17, 15) is 14.7 Å². The zero-order chi connectivity index (χ0) is 42.2. The molecular weight excluding hydrogens is 815 g/mol. The Hall–Kier alpha value is -5.62. The number of phenolic OH excluding ortho intramolecular Hbond substituents is 1. The van der Waals surface area contributed by atoms with Gasteiger partial charge in [0.2, 0.25) is 11.8 Å². The number of piperidine rings is 1. The lowest BCUT2D eigenvalue weighted by Gasteiger charge is -2.51. The quantitative estimate of drug-likeness (QED) is 0.135. The molecule has 4 heterocycles. The summed E-state index contributed by atoms with van der Waals surface area (Å²) in [6.07, 6.45) is 5.84. The molecule has 312 valence electrons. The van der Waals surface area contributed by atoms with Gasteiger partial charge in [-0.2, -0.15) is 5.01 Å². The van der Waals surface area contributed by atoms with Gasteiger partial charge < -0.3 is 14.6 Å². The van der Waals surface area contributed by atoms with E-state index in [1.807, 2.05) is 30.3 Å². The summed E-state index contributed by atoms with van der Waals surface area (Å²) >= 11 is 12.9. The fourth-order valence-corrected chi connectivity index (χ4v) is 11.7. The van der Waals surface area contributed by atoms with Crippen LogP contribution in [-0.4, -0.2) is 69.8 Å². The summed E-state index contributed by atoms with van der Waals surface area (Å²) in [6.45, 7) is 2.33. The number of ether oxygens (including phenoxy) is 2. The Kier molecular flexibility index (Phi) is 9.96. The summed E-state index contributed by atoms with van der Waals surface area (Å²) in [4.78, 5) is 64.2. The molecule has 4 amide bonds. The monoisotopic (exact) mass is 858 g/mol. The highest BCUT2D eigenvalue weighted by molar-refractivity contribution is 6.36. The number of halogens is 2. The molecule has 61 heavy (non-hydrogen) atoms. The maximum atomic E-state index is 15.7. The number of allylic oxidation sites excluding steroid dienone is 3. The predicted molar refractivity (Wildman–Crippen MR) is 228 cm³/mol. The number of likely N-dealkylation sites (tertiary alicyclic amines) is 2. The standard InChI is InChI=1S/C48H44Cl2N4O7/c1-60-34-11-7-30(8-12-34)48-38(45(57)54(47(48)59)51-40-15-9-31(49)23-39(40)50)24-37-35(43(48)29-21-28-22-33(55)10-16-41(28)61-26-29)13-14-36-42(37)46(58)53(44(36)56)32-17-19-52(20-18-32)25-27-5-3-2-4-6-27/h2-13,15-16,22-23,26,32,36-38,42-43,51,55H,14,17-21,24-25H2,1H3. The van der Waals surface area contributed by atoms with E-state index in [0.29, 0.717) is 64.6 Å². The Morgan fingerprint density at radius 1 is 0.885 bits per heavy atom. The molecule has 0 spiro atoms. The molecule has 0 radical (unpaired) electrons. The highest BCUT2D eigenvalue weighted by Gasteiger charge is 2.71. The van der Waals surface area contributed by atoms with E-state index in [1.165, 1.54) is 11.6 Å². The summed E-state index contributed by atoms with van der Waals surface area (Å²) in [5, 5.41) is 12.2. The number of hydrogen-bond acceptors (Lipinski definition) is 9. The lowest BCUT2D eigenvalue weighted by Crippen LogP contribution is -2.55. The second kappa shape index (κ2) is 15.4. The van der Waals surface area contributed by atoms with Crippen LogP contribution in [0, 0.1) is 29.6 Å². The number of nitrogens with one attached hydrogen (secondary N) is 1. The van der Waals surface area contributed by atoms with E-state index in [1.54, 1.807) is 60.7 Å². The number of methoxy groups -OCH3 is 1. The number of fused-ring (bicyclic) bond motifs is 5. The zero-order valence-electron chi connectivity index (χ0n) is 33.4. The van der Waals surface area contributed by atoms with Crippen LogP contribution in [0.25, 0.3) is 0 Å². The maximum Gasteiger partial charge on any atom is 0.260 e. The molecule has 1 saturated carbocycles. The van der Waals surface area contributed by atoms with Crippen molar-refractivity contribution in [3.8, 4) is 17.2 Å². The van der Waals surface area contributed by atoms with Crippen molar-refractivity contribution in [2.75, 3.05) is 25.6 Å². The van der Waals surface area contributed by atoms with Gasteiger partial charge in [-0.1, -0.05) is 77.3 Å². The summed E-state index contributed by atoms with van der Waals surface area (Å²) < 4.78 is 11.8. The molecule has 4 aliphatic heterocycles. The van der Waals surface area contributed by atoms with E-state index in [-0.39, 0.29) is 35.0 Å². The van der Waals surface area contributed by atoms with Gasteiger partial charge >= 0.3 is 0 Å². The first-order chi connectivity index (χ1) is 29.6. The van der Waals surface area contributed by atoms with Gasteiger partial charge in [0, 0.05) is 48.6 Å². The van der Waals surface area contributed by atoms with Crippen molar-refractivity contribution >= 4 is 52.5 Å². The highest BCUT2D eigenvalue weighted by Crippen LogP contribution is 2.63. The maximum absolute atomic E-state index is 15.7. The third-order valence-corrected chi connectivity index (χ3v) is 14.5. The molecule has 2 aliphatic carbocycles. The van der Waals surface area contributed by atoms with Gasteiger partial charge in [-0.25, -0.2) is 0 Å². The first-order valence-electron chi connectivity index (χ1n) is 20.8. The van der Waals surface area contributed by atoms with Gasteiger partial charge in [0.1, 0.15) is 17.2 Å². The van der Waals surface area contributed by atoms with Crippen LogP contribution in [0.1, 0.15) is 42.4 Å². The Morgan fingerprint density at radius 3 is 2.39 bits per heavy atom. The number of amides is 4. The molecule has 6 unspecified atom stereocenters. The van der Waals surface area contributed by atoms with E-state index in [4.69, 9.17) is 32.7 Å². The smallest absolute Gasteiger partial charge is 0.260 e. The largest absolute Gasteiger partial charge is 0.508 e. The molecule has 10 rings (SSSR count). The molecule has 0 aromatic heterocycles. The van der Waals surface area contributed by atoms with Crippen molar-refractivity contribution in [1.29, 1.82) is 0 Å². The van der Waals surface area contributed by atoms with Gasteiger partial charge in [-0.15, -0.1) is 0 Å². The molecule has 13 heteroatoms. The fraction of sp³-hybridized carbons (Fsp3) is 0.333. The topological polar surface area (TPSA) is 129 Å². The number of rotatable bonds is 8. The Labute approximate surface area is 363 Å². The van der Waals surface area contributed by atoms with Crippen LogP contribution in [-0.2, 0) is 37.6 Å². The number of hydrazine groups is 1. The van der Waals surface area contributed by atoms with Crippen molar-refractivity contribution in [2.45, 2.75) is 50.1 Å². The number of imide groups is 2. The number of carbonyl (C=O) groups is 4. The predicted octanol–water partition coefficient (Wildman–Crippen LogP) is 7.71. The summed E-state index contributed by atoms with van der Waals surface area (Å²) in [7, 11) is 1.56. The van der Waals surface area contributed by atoms with Gasteiger partial charge in [0.15, 0.2) is 0 Å². The minimum absolute atomic E-state index is 0.0657. The number of phenols is 1. The molecule has 4 aromatic carbocycles. The molecule has 3 saturated heterocycles. The lowest BCUT2D eigenvalue weighted by molar-refractivity contribution is -0.144. The summed E-state index contributed by atoms with van der Waals surface area (Å²) in [5.74, 6) is -3.68. The Bertz CT molecular complexity index is 2520. The van der Waals surface area contributed by atoms with Crippen LogP contribution in [0.2, 0.25) is 10.0 Å². The van der Waals surface area contributed by atoms with Crippen LogP contribution < -0.4 is 14.9 Å². The van der Waals surface area contributed by atoms with Gasteiger partial charge in [0.25, 0.3) is 11.8 Å². The van der Waals surface area contributed by atoms with E-state index in [2.05, 4.69) is 28.5 Å². The van der Waals surface area contributed by atoms with Crippen molar-refractivity contribution < 1.29 is 33.8 Å². The van der Waals surface area contributed by atoms with E-state index < -0.39 is 46.8 Å². The number of anilines is 1. The van der Waals surface area contributed by atoms with Crippen molar-refractivity contribution in [1.82, 2.24) is 14.8 Å². The molecule has 2 N–H and O–H groups in total. The number of nitrogens with zero attached hydrogens (tertiary/aromatic N) is 3. The van der Waals surface area contributed by atoms with Crippen LogP contribution >= 0.6 is 23.2 Å². The number of carbonyl (C=O) groups excluding carboxylic acids is 4. The van der Waals surface area contributed by atoms with E-state index in [0.717, 1.165) is 30.2 Å². The van der Waals surface area contributed by atoms with Crippen LogP contribution in [0.3, 0.4) is 0 Å². The average molecular weight is 860 g/mol. The third-order valence-electron chi connectivity index (χ3n) is 13.9. The third kappa shape index (κ3) is 6.43. The van der Waals surface area contributed by atoms with Gasteiger partial charge in [0.05, 0.1) is 47.3 Å². The molecule has 4 fully saturated rings. The highest BCUT2D eigenvalue weighted by atomic mass is 35.5. The van der Waals surface area contributed by atoms with Crippen LogP contribution in [0.5, 0.6) is 17.2 Å². The molecule has 6 atom stereocenters. The summed E-state index contributed by atoms with van der Waals surface area (Å²) in [5.41, 5.74) is 5.92. The van der Waals surface area contributed by atoms with E-state index >= 15 is 9.59 Å². The SMILES string of the molecule is COc1ccc(C23C(=O)N(Nc4ccc(Cl)cc4Cl)C(=O)C2CC2C(=CCC4C(=O)N(C5CCN(Cc6ccccc6)CC5)C(=O)C42)C3C2=COc3ccc(O)cc3C2)cc1. The molecule has 4 aromatic rings. The first kappa shape index (κ1) is 39.5. The second-order valence-corrected chi connectivity index (χ2v) is 17.9. The Morgan fingerprint density at radius 2 is 1.66 bits per heavy atom. The van der Waals surface area contributed by atoms with Crippen LogP contribution in [0.15, 0.2) is 114 Å². The van der Waals surface area contributed by atoms with Gasteiger partial charge in [-0.05, 0) is 96.8 Å². The number of benzene rings is 4. The summed E-state index contributed by atoms with van der Waals surface area (Å²) in [6, 6.07) is 26.9. The van der Waals surface area contributed by atoms with Crippen molar-refractivity contribution in [2.24, 2.45) is 29.6 Å². The van der Waals surface area contributed by atoms with Crippen molar-refractivity contribution in [3.05, 3.63) is 141 Å². The number of hydrogen-bond donors (Lipinski definition) is 2. The fourth-order valence-electron chi connectivity index (χ4n) is 11.2. The lowest BCUT2D eigenvalue weighted by atomic mass is 9.48. The average Bonchev–Trinajstić information content (AvgIpc) is 3.65. The van der Waals surface area contributed by atoms with Gasteiger partial charge in [-0.3, -0.25) is 34.4 Å². The molecular formula is C48H44Cl2N4O7. The minimum Gasteiger partial charge on any atom is -0.508 e.